The third-order valence-electron chi connectivity index (χ3n) is 3.16. The van der Waals surface area contributed by atoms with E-state index >= 15 is 0 Å². The summed E-state index contributed by atoms with van der Waals surface area (Å²) in [6.07, 6.45) is 2.47. The van der Waals surface area contributed by atoms with Crippen LogP contribution in [0.3, 0.4) is 0 Å². The smallest absolute Gasteiger partial charge is 0.0881 e. The summed E-state index contributed by atoms with van der Waals surface area (Å²) in [5, 5.41) is 38.8. The largest absolute Gasteiger partial charge is 0.394 e. The number of nitriles is 1. The lowest BCUT2D eigenvalue weighted by Gasteiger charge is -2.30. The molecule has 0 aliphatic heterocycles. The molecule has 1 aliphatic rings. The molecule has 1 aliphatic carbocycles. The van der Waals surface area contributed by atoms with Crippen molar-refractivity contribution in [1.82, 2.24) is 5.32 Å². The van der Waals surface area contributed by atoms with E-state index in [-0.39, 0.29) is 25.2 Å². The summed E-state index contributed by atoms with van der Waals surface area (Å²) in [5.74, 6) is 0. The molecule has 15 heavy (non-hydrogen) atoms. The molecular formula is C10H18N2O3. The third kappa shape index (κ3) is 2.89. The van der Waals surface area contributed by atoms with Crippen molar-refractivity contribution < 1.29 is 15.3 Å². The Labute approximate surface area is 89.3 Å². The Balaban J connectivity index is 2.44. The molecule has 0 saturated heterocycles. The Bertz CT molecular complexity index is 233. The van der Waals surface area contributed by atoms with Gasteiger partial charge in [-0.2, -0.15) is 5.26 Å². The maximum Gasteiger partial charge on any atom is 0.0881 e. The molecule has 0 aromatic heterocycles. The van der Waals surface area contributed by atoms with E-state index in [4.69, 9.17) is 20.6 Å². The lowest BCUT2D eigenvalue weighted by Crippen LogP contribution is -2.56. The molecule has 86 valence electrons. The molecule has 0 aromatic rings. The van der Waals surface area contributed by atoms with Crippen LogP contribution in [0, 0.1) is 16.7 Å². The second-order valence-electron chi connectivity index (χ2n) is 4.44. The molecule has 0 heterocycles. The fourth-order valence-electron chi connectivity index (χ4n) is 1.45. The van der Waals surface area contributed by atoms with Gasteiger partial charge in [-0.15, -0.1) is 0 Å². The van der Waals surface area contributed by atoms with Crippen molar-refractivity contribution in [1.29, 1.82) is 5.26 Å². The highest BCUT2D eigenvalue weighted by molar-refractivity contribution is 5.02. The molecule has 5 nitrogen and oxygen atoms in total. The minimum Gasteiger partial charge on any atom is -0.394 e. The second kappa shape index (κ2) is 4.90. The third-order valence-corrected chi connectivity index (χ3v) is 3.16. The maximum atomic E-state index is 9.08. The van der Waals surface area contributed by atoms with Crippen LogP contribution in [0.1, 0.15) is 19.3 Å². The molecule has 0 atom stereocenters. The fraction of sp³-hybridized carbons (Fsp3) is 0.900. The second-order valence-corrected chi connectivity index (χ2v) is 4.44. The zero-order chi connectivity index (χ0) is 11.4. The fourth-order valence-corrected chi connectivity index (χ4v) is 1.45. The van der Waals surface area contributed by atoms with Crippen molar-refractivity contribution in [3.63, 3.8) is 0 Å². The molecule has 0 unspecified atom stereocenters. The first kappa shape index (κ1) is 12.4. The summed E-state index contributed by atoms with van der Waals surface area (Å²) in [4.78, 5) is 0. The van der Waals surface area contributed by atoms with Gasteiger partial charge in [0.25, 0.3) is 0 Å². The van der Waals surface area contributed by atoms with Crippen LogP contribution >= 0.6 is 0 Å². The topological polar surface area (TPSA) is 96.5 Å². The van der Waals surface area contributed by atoms with Crippen LogP contribution in [0.5, 0.6) is 0 Å². The van der Waals surface area contributed by atoms with Gasteiger partial charge in [-0.05, 0) is 18.3 Å². The lowest BCUT2D eigenvalue weighted by atomic mass is 9.98. The van der Waals surface area contributed by atoms with Gasteiger partial charge >= 0.3 is 0 Å². The number of nitrogens with zero attached hydrogens (tertiary/aromatic N) is 1. The van der Waals surface area contributed by atoms with Crippen LogP contribution in [0.15, 0.2) is 0 Å². The van der Waals surface area contributed by atoms with E-state index in [1.54, 1.807) is 0 Å². The van der Waals surface area contributed by atoms with Crippen LogP contribution in [-0.4, -0.2) is 47.2 Å². The lowest BCUT2D eigenvalue weighted by molar-refractivity contribution is 0.0391. The van der Waals surface area contributed by atoms with Gasteiger partial charge in [-0.1, -0.05) is 0 Å². The average molecular weight is 214 g/mol. The highest BCUT2D eigenvalue weighted by atomic mass is 16.3. The number of hydrogen-bond acceptors (Lipinski definition) is 5. The first-order valence-electron chi connectivity index (χ1n) is 5.10. The molecule has 0 amide bonds. The average Bonchev–Trinajstić information content (AvgIpc) is 3.02. The van der Waals surface area contributed by atoms with Crippen LogP contribution < -0.4 is 5.32 Å². The van der Waals surface area contributed by atoms with Crippen molar-refractivity contribution in [3.05, 3.63) is 0 Å². The predicted octanol–water partition coefficient (Wildman–Crippen LogP) is -1.01. The predicted molar refractivity (Wildman–Crippen MR) is 53.9 cm³/mol. The molecule has 1 fully saturated rings. The van der Waals surface area contributed by atoms with Crippen molar-refractivity contribution in [2.24, 2.45) is 5.41 Å². The summed E-state index contributed by atoms with van der Waals surface area (Å²) in [6, 6.07) is 2.13. The van der Waals surface area contributed by atoms with E-state index in [2.05, 4.69) is 11.4 Å². The van der Waals surface area contributed by atoms with Crippen molar-refractivity contribution in [3.8, 4) is 6.07 Å². The summed E-state index contributed by atoms with van der Waals surface area (Å²) in [5.41, 5.74) is -1.02. The van der Waals surface area contributed by atoms with Crippen molar-refractivity contribution >= 4 is 0 Å². The van der Waals surface area contributed by atoms with Crippen molar-refractivity contribution in [2.75, 3.05) is 26.4 Å². The quantitative estimate of drug-likeness (QED) is 0.435. The zero-order valence-corrected chi connectivity index (χ0v) is 8.74. The van der Waals surface area contributed by atoms with Gasteiger partial charge in [0.1, 0.15) is 0 Å². The van der Waals surface area contributed by atoms with Gasteiger partial charge in [0.15, 0.2) is 0 Å². The Kier molecular flexibility index (Phi) is 4.05. The summed E-state index contributed by atoms with van der Waals surface area (Å²) < 4.78 is 0. The minimum atomic E-state index is -1.02. The monoisotopic (exact) mass is 214 g/mol. The van der Waals surface area contributed by atoms with Gasteiger partial charge in [0, 0.05) is 13.0 Å². The van der Waals surface area contributed by atoms with Gasteiger partial charge in [-0.3, -0.25) is 0 Å². The van der Waals surface area contributed by atoms with Crippen LogP contribution in [0.2, 0.25) is 0 Å². The summed E-state index contributed by atoms with van der Waals surface area (Å²) >= 11 is 0. The van der Waals surface area contributed by atoms with Crippen LogP contribution in [0.25, 0.3) is 0 Å². The highest BCUT2D eigenvalue weighted by Crippen LogP contribution is 2.48. The SMILES string of the molecule is N#CCC1(CNC(CO)(CO)CO)CC1. The van der Waals surface area contributed by atoms with Gasteiger partial charge in [0.2, 0.25) is 0 Å². The van der Waals surface area contributed by atoms with E-state index in [1.165, 1.54) is 0 Å². The van der Waals surface area contributed by atoms with Gasteiger partial charge in [0.05, 0.1) is 31.4 Å². The van der Waals surface area contributed by atoms with Gasteiger partial charge < -0.3 is 20.6 Å². The van der Waals surface area contributed by atoms with E-state index in [0.29, 0.717) is 13.0 Å². The molecule has 0 aromatic carbocycles. The first-order chi connectivity index (χ1) is 7.16. The number of nitrogens with one attached hydrogen (secondary N) is 1. The molecule has 4 N–H and O–H groups in total. The van der Waals surface area contributed by atoms with E-state index < -0.39 is 5.54 Å². The standard InChI is InChI=1S/C10H18N2O3/c11-4-3-9(1-2-9)5-12-10(6-13,7-14)8-15/h12-15H,1-3,5-8H2. The van der Waals surface area contributed by atoms with Crippen LogP contribution in [0.4, 0.5) is 0 Å². The molecule has 0 radical (unpaired) electrons. The van der Waals surface area contributed by atoms with Crippen LogP contribution in [-0.2, 0) is 0 Å². The maximum absolute atomic E-state index is 9.08. The van der Waals surface area contributed by atoms with Gasteiger partial charge in [-0.25, -0.2) is 0 Å². The zero-order valence-electron chi connectivity index (χ0n) is 8.74. The Morgan fingerprint density at radius 3 is 2.07 bits per heavy atom. The Hall–Kier alpha value is -0.670. The number of hydrogen-bond donors (Lipinski definition) is 4. The normalized spacial score (nSPS) is 18.5. The first-order valence-corrected chi connectivity index (χ1v) is 5.10. The Morgan fingerprint density at radius 2 is 1.73 bits per heavy atom. The molecule has 1 rings (SSSR count). The Morgan fingerprint density at radius 1 is 1.20 bits per heavy atom. The molecule has 1 saturated carbocycles. The molecule has 0 spiro atoms. The highest BCUT2D eigenvalue weighted by Gasteiger charge is 2.44. The molecule has 0 bridgehead atoms. The molecular weight excluding hydrogens is 196 g/mol. The number of aliphatic hydroxyl groups is 3. The molecule has 5 heteroatoms. The minimum absolute atomic E-state index is 0.000486. The summed E-state index contributed by atoms with van der Waals surface area (Å²) in [6.45, 7) is -0.393. The van der Waals surface area contributed by atoms with E-state index in [1.807, 2.05) is 0 Å². The van der Waals surface area contributed by atoms with Crippen molar-refractivity contribution in [2.45, 2.75) is 24.8 Å². The summed E-state index contributed by atoms with van der Waals surface area (Å²) in [7, 11) is 0. The number of rotatable bonds is 7. The van der Waals surface area contributed by atoms with E-state index in [9.17, 15) is 0 Å². The van der Waals surface area contributed by atoms with E-state index in [0.717, 1.165) is 12.8 Å². The number of aliphatic hydroxyl groups excluding tert-OH is 3.